The average Bonchev–Trinajstić information content (AvgIpc) is 3.34. The van der Waals surface area contributed by atoms with E-state index in [1.54, 1.807) is 35.4 Å². The van der Waals surface area contributed by atoms with Crippen molar-refractivity contribution in [1.82, 2.24) is 10.1 Å². The zero-order valence-corrected chi connectivity index (χ0v) is 12.8. The maximum Gasteiger partial charge on any atom is 0.293 e. The van der Waals surface area contributed by atoms with Crippen molar-refractivity contribution in [3.05, 3.63) is 66.1 Å². The lowest BCUT2D eigenvalue weighted by molar-refractivity contribution is 0.0677. The van der Waals surface area contributed by atoms with Crippen LogP contribution in [-0.4, -0.2) is 22.5 Å². The third-order valence-corrected chi connectivity index (χ3v) is 4.26. The van der Waals surface area contributed by atoms with Crippen LogP contribution in [0.15, 0.2) is 57.7 Å². The predicted octanol–water partition coefficient (Wildman–Crippen LogP) is 4.05. The summed E-state index contributed by atoms with van der Waals surface area (Å²) in [5, 5.41) is 3.84. The molecule has 5 nitrogen and oxygen atoms in total. The van der Waals surface area contributed by atoms with E-state index in [0.29, 0.717) is 17.8 Å². The standard InChI is InChI=1S/C18H15FN2O3/c19-13-6-2-1-5-12(13)14-11-17(24-20-14)18(22)21-9-3-7-15(21)16-8-4-10-23-16/h1-2,4-6,8,10-11,15H,3,7,9H2/t15-/m1/s1. The first-order valence-corrected chi connectivity index (χ1v) is 7.80. The van der Waals surface area contributed by atoms with Crippen molar-refractivity contribution in [3.63, 3.8) is 0 Å². The third kappa shape index (κ3) is 2.50. The molecule has 1 aliphatic rings. The summed E-state index contributed by atoms with van der Waals surface area (Å²) in [7, 11) is 0. The van der Waals surface area contributed by atoms with Gasteiger partial charge in [0.25, 0.3) is 5.91 Å². The van der Waals surface area contributed by atoms with Gasteiger partial charge in [0.1, 0.15) is 17.3 Å². The van der Waals surface area contributed by atoms with Crippen LogP contribution in [0, 0.1) is 5.82 Å². The molecule has 3 heterocycles. The quantitative estimate of drug-likeness (QED) is 0.728. The van der Waals surface area contributed by atoms with Crippen molar-refractivity contribution in [2.45, 2.75) is 18.9 Å². The number of hydrogen-bond acceptors (Lipinski definition) is 4. The first-order valence-electron chi connectivity index (χ1n) is 7.80. The van der Waals surface area contributed by atoms with Gasteiger partial charge in [-0.05, 0) is 37.1 Å². The summed E-state index contributed by atoms with van der Waals surface area (Å²) in [6.45, 7) is 0.625. The fourth-order valence-electron chi connectivity index (χ4n) is 3.10. The van der Waals surface area contributed by atoms with Crippen molar-refractivity contribution in [3.8, 4) is 11.3 Å². The first kappa shape index (κ1) is 14.7. The molecule has 1 saturated heterocycles. The molecule has 1 fully saturated rings. The Morgan fingerprint density at radius 3 is 2.92 bits per heavy atom. The van der Waals surface area contributed by atoms with Crippen LogP contribution in [0.3, 0.4) is 0 Å². The van der Waals surface area contributed by atoms with Crippen molar-refractivity contribution in [2.75, 3.05) is 6.54 Å². The lowest BCUT2D eigenvalue weighted by Gasteiger charge is -2.21. The summed E-state index contributed by atoms with van der Waals surface area (Å²) in [6, 6.07) is 11.3. The first-order chi connectivity index (χ1) is 11.7. The number of amides is 1. The number of rotatable bonds is 3. The second kappa shape index (κ2) is 5.96. The Morgan fingerprint density at radius 1 is 1.25 bits per heavy atom. The van der Waals surface area contributed by atoms with E-state index in [4.69, 9.17) is 8.94 Å². The van der Waals surface area contributed by atoms with Crippen LogP contribution in [0.4, 0.5) is 4.39 Å². The topological polar surface area (TPSA) is 59.5 Å². The Bertz CT molecular complexity index is 857. The minimum absolute atomic E-state index is 0.102. The minimum atomic E-state index is -0.403. The SMILES string of the molecule is O=C(c1cc(-c2ccccc2F)no1)N1CCC[C@@H]1c1ccco1. The van der Waals surface area contributed by atoms with E-state index in [1.165, 1.54) is 12.1 Å². The van der Waals surface area contributed by atoms with Crippen LogP contribution < -0.4 is 0 Å². The Labute approximate surface area is 137 Å². The van der Waals surface area contributed by atoms with Crippen molar-refractivity contribution >= 4 is 5.91 Å². The second-order valence-corrected chi connectivity index (χ2v) is 5.73. The molecule has 24 heavy (non-hydrogen) atoms. The van der Waals surface area contributed by atoms with E-state index in [2.05, 4.69) is 5.16 Å². The van der Waals surface area contributed by atoms with Gasteiger partial charge in [-0.15, -0.1) is 0 Å². The van der Waals surface area contributed by atoms with Gasteiger partial charge in [-0.2, -0.15) is 0 Å². The molecule has 122 valence electrons. The summed E-state index contributed by atoms with van der Waals surface area (Å²) < 4.78 is 24.5. The van der Waals surface area contributed by atoms with E-state index in [9.17, 15) is 9.18 Å². The molecule has 3 aromatic rings. The molecule has 0 aliphatic carbocycles. The molecule has 0 radical (unpaired) electrons. The zero-order valence-electron chi connectivity index (χ0n) is 12.8. The van der Waals surface area contributed by atoms with Crippen LogP contribution in [-0.2, 0) is 0 Å². The van der Waals surface area contributed by atoms with Crippen molar-refractivity contribution in [2.24, 2.45) is 0 Å². The Kier molecular flexibility index (Phi) is 3.65. The van der Waals surface area contributed by atoms with Gasteiger partial charge in [0, 0.05) is 18.2 Å². The monoisotopic (exact) mass is 326 g/mol. The average molecular weight is 326 g/mol. The number of halogens is 1. The molecule has 2 aromatic heterocycles. The highest BCUT2D eigenvalue weighted by atomic mass is 19.1. The minimum Gasteiger partial charge on any atom is -0.467 e. The Balaban J connectivity index is 1.60. The molecular formula is C18H15FN2O3. The van der Waals surface area contributed by atoms with Crippen LogP contribution in [0.1, 0.15) is 35.2 Å². The van der Waals surface area contributed by atoms with Gasteiger partial charge in [0.2, 0.25) is 5.76 Å². The molecule has 1 amide bonds. The molecular weight excluding hydrogens is 311 g/mol. The van der Waals surface area contributed by atoms with Crippen LogP contribution in [0.2, 0.25) is 0 Å². The van der Waals surface area contributed by atoms with Gasteiger partial charge in [0.05, 0.1) is 12.3 Å². The summed E-state index contributed by atoms with van der Waals surface area (Å²) in [5.41, 5.74) is 0.620. The molecule has 6 heteroatoms. The third-order valence-electron chi connectivity index (χ3n) is 4.26. The molecule has 0 N–H and O–H groups in total. The fraction of sp³-hybridized carbons (Fsp3) is 0.222. The smallest absolute Gasteiger partial charge is 0.293 e. The summed E-state index contributed by atoms with van der Waals surface area (Å²) in [6.07, 6.45) is 3.33. The van der Waals surface area contributed by atoms with Crippen molar-refractivity contribution in [1.29, 1.82) is 0 Å². The molecule has 1 atom stereocenters. The van der Waals surface area contributed by atoms with Gasteiger partial charge >= 0.3 is 0 Å². The van der Waals surface area contributed by atoms with Crippen LogP contribution in [0.25, 0.3) is 11.3 Å². The molecule has 0 unspecified atom stereocenters. The molecule has 0 saturated carbocycles. The molecule has 1 aromatic carbocycles. The normalized spacial score (nSPS) is 17.4. The van der Waals surface area contributed by atoms with E-state index in [-0.39, 0.29) is 17.7 Å². The highest BCUT2D eigenvalue weighted by Gasteiger charge is 2.34. The summed E-state index contributed by atoms with van der Waals surface area (Å²) >= 11 is 0. The number of aromatic nitrogens is 1. The fourth-order valence-corrected chi connectivity index (χ4v) is 3.10. The van der Waals surface area contributed by atoms with Crippen LogP contribution >= 0.6 is 0 Å². The predicted molar refractivity (Wildman–Crippen MR) is 83.6 cm³/mol. The van der Waals surface area contributed by atoms with Gasteiger partial charge in [-0.1, -0.05) is 17.3 Å². The number of carbonyl (C=O) groups excluding carboxylic acids is 1. The Morgan fingerprint density at radius 2 is 2.12 bits per heavy atom. The number of hydrogen-bond donors (Lipinski definition) is 0. The van der Waals surface area contributed by atoms with E-state index in [1.807, 2.05) is 6.07 Å². The highest BCUT2D eigenvalue weighted by molar-refractivity contribution is 5.92. The summed E-state index contributed by atoms with van der Waals surface area (Å²) in [4.78, 5) is 14.5. The van der Waals surface area contributed by atoms with Gasteiger partial charge in [0.15, 0.2) is 0 Å². The molecule has 4 rings (SSSR count). The van der Waals surface area contributed by atoms with Gasteiger partial charge in [-0.3, -0.25) is 4.79 Å². The number of likely N-dealkylation sites (tertiary alicyclic amines) is 1. The zero-order chi connectivity index (χ0) is 16.5. The van der Waals surface area contributed by atoms with E-state index < -0.39 is 5.82 Å². The largest absolute Gasteiger partial charge is 0.467 e. The maximum atomic E-state index is 13.8. The second-order valence-electron chi connectivity index (χ2n) is 5.73. The maximum absolute atomic E-state index is 13.8. The summed E-state index contributed by atoms with van der Waals surface area (Å²) in [5.74, 6) is 0.199. The lowest BCUT2D eigenvalue weighted by Crippen LogP contribution is -2.30. The van der Waals surface area contributed by atoms with E-state index in [0.717, 1.165) is 18.6 Å². The number of furan rings is 1. The lowest BCUT2D eigenvalue weighted by atomic mass is 10.1. The molecule has 0 spiro atoms. The molecule has 1 aliphatic heterocycles. The number of carbonyl (C=O) groups is 1. The Hall–Kier alpha value is -2.89. The molecule has 0 bridgehead atoms. The van der Waals surface area contributed by atoms with Gasteiger partial charge in [-0.25, -0.2) is 4.39 Å². The van der Waals surface area contributed by atoms with Gasteiger partial charge < -0.3 is 13.8 Å². The van der Waals surface area contributed by atoms with Crippen molar-refractivity contribution < 1.29 is 18.1 Å². The van der Waals surface area contributed by atoms with Crippen LogP contribution in [0.5, 0.6) is 0 Å². The number of benzene rings is 1. The highest BCUT2D eigenvalue weighted by Crippen LogP contribution is 2.34. The number of nitrogens with zero attached hydrogens (tertiary/aromatic N) is 2. The van der Waals surface area contributed by atoms with E-state index >= 15 is 0 Å².